The van der Waals surface area contributed by atoms with Crippen molar-refractivity contribution in [1.82, 2.24) is 4.90 Å². The van der Waals surface area contributed by atoms with Crippen LogP contribution in [0.15, 0.2) is 29.2 Å². The van der Waals surface area contributed by atoms with Gasteiger partial charge in [-0.05, 0) is 88.5 Å². The molecule has 1 saturated carbocycles. The number of ether oxygens (including phenoxy) is 1. The molecule has 172 valence electrons. The summed E-state index contributed by atoms with van der Waals surface area (Å²) in [5.74, 6) is 0.499. The average Bonchev–Trinajstić information content (AvgIpc) is 2.63. The maximum absolute atomic E-state index is 12.3. The van der Waals surface area contributed by atoms with Crippen molar-refractivity contribution in [3.8, 4) is 0 Å². The maximum atomic E-state index is 12.3. The lowest BCUT2D eigenvalue weighted by atomic mass is 9.56. The molecule has 3 rings (SSSR count). The van der Waals surface area contributed by atoms with Crippen molar-refractivity contribution >= 4 is 27.5 Å². The first-order valence-electron chi connectivity index (χ1n) is 10.9. The second-order valence-corrected chi connectivity index (χ2v) is 12.1. The summed E-state index contributed by atoms with van der Waals surface area (Å²) in [7, 11) is -3.24. The van der Waals surface area contributed by atoms with E-state index in [2.05, 4.69) is 5.32 Å². The lowest BCUT2D eigenvalue weighted by molar-refractivity contribution is -0.117. The van der Waals surface area contributed by atoms with Crippen LogP contribution in [0.3, 0.4) is 0 Å². The van der Waals surface area contributed by atoms with Gasteiger partial charge in [-0.25, -0.2) is 13.2 Å². The van der Waals surface area contributed by atoms with Gasteiger partial charge in [-0.1, -0.05) is 0 Å². The summed E-state index contributed by atoms with van der Waals surface area (Å²) in [5, 5.41) is 2.84. The van der Waals surface area contributed by atoms with E-state index in [-0.39, 0.29) is 16.9 Å². The molecule has 1 spiro atoms. The summed E-state index contributed by atoms with van der Waals surface area (Å²) < 4.78 is 28.5. The van der Waals surface area contributed by atoms with Crippen molar-refractivity contribution in [1.29, 1.82) is 0 Å². The van der Waals surface area contributed by atoms with E-state index >= 15 is 0 Å². The molecule has 8 heteroatoms. The Labute approximate surface area is 185 Å². The summed E-state index contributed by atoms with van der Waals surface area (Å²) in [4.78, 5) is 26.5. The van der Waals surface area contributed by atoms with Crippen LogP contribution in [0.1, 0.15) is 59.3 Å². The summed E-state index contributed by atoms with van der Waals surface area (Å²) in [6, 6.07) is 6.24. The molecular weight excluding hydrogens is 416 g/mol. The van der Waals surface area contributed by atoms with Gasteiger partial charge in [0.2, 0.25) is 5.91 Å². The van der Waals surface area contributed by atoms with Gasteiger partial charge in [-0.15, -0.1) is 0 Å². The van der Waals surface area contributed by atoms with E-state index in [0.29, 0.717) is 23.4 Å². The number of hydrogen-bond acceptors (Lipinski definition) is 5. The first-order chi connectivity index (χ1) is 14.4. The van der Waals surface area contributed by atoms with Gasteiger partial charge in [0.25, 0.3) is 0 Å². The molecule has 0 aromatic heterocycles. The molecule has 0 radical (unpaired) electrons. The van der Waals surface area contributed by atoms with Gasteiger partial charge in [-0.3, -0.25) is 4.79 Å². The van der Waals surface area contributed by atoms with Crippen LogP contribution in [0.25, 0.3) is 0 Å². The highest BCUT2D eigenvalue weighted by Crippen LogP contribution is 2.54. The van der Waals surface area contributed by atoms with Crippen molar-refractivity contribution in [2.24, 2.45) is 11.3 Å². The summed E-state index contributed by atoms with van der Waals surface area (Å²) >= 11 is 0. The highest BCUT2D eigenvalue weighted by Gasteiger charge is 2.46. The number of nitrogens with zero attached hydrogens (tertiary/aromatic N) is 1. The number of nitrogens with one attached hydrogen (secondary N) is 1. The lowest BCUT2D eigenvalue weighted by Gasteiger charge is -2.52. The average molecular weight is 451 g/mol. The lowest BCUT2D eigenvalue weighted by Crippen LogP contribution is -2.49. The van der Waals surface area contributed by atoms with Gasteiger partial charge in [0, 0.05) is 31.5 Å². The number of anilines is 1. The molecule has 1 N–H and O–H groups in total. The number of amides is 2. The SMILES string of the molecule is CC(C)(C)OC(=O)N1CCC2(CC1)CC(CCC(=O)Nc1ccc(S(C)(=O)=O)cc1)C2. The Hall–Kier alpha value is -2.09. The minimum absolute atomic E-state index is 0.0483. The highest BCUT2D eigenvalue weighted by molar-refractivity contribution is 7.90. The third-order valence-electron chi connectivity index (χ3n) is 6.27. The molecule has 2 fully saturated rings. The summed E-state index contributed by atoms with van der Waals surface area (Å²) in [6.45, 7) is 7.13. The van der Waals surface area contributed by atoms with Gasteiger partial charge in [0.1, 0.15) is 5.60 Å². The van der Waals surface area contributed by atoms with Gasteiger partial charge in [0.05, 0.1) is 4.90 Å². The molecule has 1 aromatic carbocycles. The van der Waals surface area contributed by atoms with E-state index in [1.54, 1.807) is 12.1 Å². The van der Waals surface area contributed by atoms with Crippen LogP contribution in [-0.2, 0) is 19.4 Å². The van der Waals surface area contributed by atoms with E-state index < -0.39 is 15.4 Å². The summed E-state index contributed by atoms with van der Waals surface area (Å²) in [6.07, 6.45) is 6.48. The Morgan fingerprint density at radius 2 is 1.71 bits per heavy atom. The van der Waals surface area contributed by atoms with E-state index in [1.807, 2.05) is 25.7 Å². The van der Waals surface area contributed by atoms with Crippen molar-refractivity contribution in [3.63, 3.8) is 0 Å². The Morgan fingerprint density at radius 3 is 2.23 bits per heavy atom. The Morgan fingerprint density at radius 1 is 1.13 bits per heavy atom. The third-order valence-corrected chi connectivity index (χ3v) is 7.39. The molecule has 7 nitrogen and oxygen atoms in total. The maximum Gasteiger partial charge on any atom is 0.410 e. The van der Waals surface area contributed by atoms with Crippen LogP contribution in [0, 0.1) is 11.3 Å². The van der Waals surface area contributed by atoms with Gasteiger partial charge >= 0.3 is 6.09 Å². The fraction of sp³-hybridized carbons (Fsp3) is 0.652. The Bertz CT molecular complexity index is 902. The standard InChI is InChI=1S/C23H34N2O5S/c1-22(2,3)30-21(27)25-13-11-23(12-14-25)15-17(16-23)5-10-20(26)24-18-6-8-19(9-7-18)31(4,28)29/h6-9,17H,5,10-16H2,1-4H3,(H,24,26). The molecule has 1 heterocycles. The van der Waals surface area contributed by atoms with Crippen molar-refractivity contribution in [3.05, 3.63) is 24.3 Å². The molecule has 1 aliphatic heterocycles. The molecule has 1 saturated heterocycles. The molecule has 2 aliphatic rings. The quantitative estimate of drug-likeness (QED) is 0.724. The van der Waals surface area contributed by atoms with Crippen molar-refractivity contribution in [2.45, 2.75) is 69.8 Å². The molecule has 0 atom stereocenters. The predicted molar refractivity (Wildman–Crippen MR) is 120 cm³/mol. The van der Waals surface area contributed by atoms with Gasteiger partial charge in [-0.2, -0.15) is 0 Å². The molecule has 1 aromatic rings. The molecule has 1 aliphatic carbocycles. The fourth-order valence-corrected chi connectivity index (χ4v) is 5.24. The third kappa shape index (κ3) is 6.45. The number of sulfone groups is 1. The van der Waals surface area contributed by atoms with E-state index in [1.165, 1.54) is 12.1 Å². The fourth-order valence-electron chi connectivity index (χ4n) is 4.61. The predicted octanol–water partition coefficient (Wildman–Crippen LogP) is 4.24. The van der Waals surface area contributed by atoms with E-state index in [4.69, 9.17) is 4.74 Å². The molecular formula is C23H34N2O5S. The van der Waals surface area contributed by atoms with E-state index in [0.717, 1.165) is 51.4 Å². The van der Waals surface area contributed by atoms with Gasteiger partial charge < -0.3 is 15.0 Å². The van der Waals surface area contributed by atoms with Crippen LogP contribution in [0.4, 0.5) is 10.5 Å². The van der Waals surface area contributed by atoms with Crippen LogP contribution in [0.2, 0.25) is 0 Å². The minimum Gasteiger partial charge on any atom is -0.444 e. The second-order valence-electron chi connectivity index (χ2n) is 10.1. The number of carbonyl (C=O) groups excluding carboxylic acids is 2. The topological polar surface area (TPSA) is 92.8 Å². The summed E-state index contributed by atoms with van der Waals surface area (Å²) in [5.41, 5.74) is 0.461. The first-order valence-corrected chi connectivity index (χ1v) is 12.8. The number of rotatable bonds is 5. The second kappa shape index (κ2) is 8.81. The van der Waals surface area contributed by atoms with Crippen LogP contribution in [-0.4, -0.2) is 50.3 Å². The van der Waals surface area contributed by atoms with Crippen LogP contribution in [0.5, 0.6) is 0 Å². The molecule has 31 heavy (non-hydrogen) atoms. The number of hydrogen-bond donors (Lipinski definition) is 1. The number of piperidine rings is 1. The highest BCUT2D eigenvalue weighted by atomic mass is 32.2. The zero-order chi connectivity index (χ0) is 22.9. The molecule has 0 unspecified atom stereocenters. The Kier molecular flexibility index (Phi) is 6.69. The molecule has 2 amide bonds. The minimum atomic E-state index is -3.24. The van der Waals surface area contributed by atoms with Gasteiger partial charge in [0.15, 0.2) is 9.84 Å². The van der Waals surface area contributed by atoms with Crippen molar-refractivity contribution < 1.29 is 22.7 Å². The van der Waals surface area contributed by atoms with E-state index in [9.17, 15) is 18.0 Å². The Balaban J connectivity index is 1.37. The van der Waals surface area contributed by atoms with Crippen molar-refractivity contribution in [2.75, 3.05) is 24.7 Å². The monoisotopic (exact) mass is 450 g/mol. The largest absolute Gasteiger partial charge is 0.444 e. The first kappa shape index (κ1) is 23.6. The number of benzene rings is 1. The zero-order valence-electron chi connectivity index (χ0n) is 18.9. The normalized spacial score (nSPS) is 19.0. The number of likely N-dealkylation sites (tertiary alicyclic amines) is 1. The zero-order valence-corrected chi connectivity index (χ0v) is 19.8. The molecule has 0 bridgehead atoms. The van der Waals surface area contributed by atoms with Crippen LogP contribution < -0.4 is 5.32 Å². The smallest absolute Gasteiger partial charge is 0.410 e. The number of carbonyl (C=O) groups is 2. The van der Waals surface area contributed by atoms with Crippen LogP contribution >= 0.6 is 0 Å².